The quantitative estimate of drug-likeness (QED) is 0.626. The second kappa shape index (κ2) is 1.89. The number of aliphatic hydroxyl groups excluding tert-OH is 1. The molecule has 2 rings (SSSR count). The normalized spacial score (nSPS) is 36.3. The molecule has 2 aliphatic rings. The highest BCUT2D eigenvalue weighted by Gasteiger charge is 2.57. The first-order valence-electron chi connectivity index (χ1n) is 3.56. The van der Waals surface area contributed by atoms with Crippen molar-refractivity contribution in [2.45, 2.75) is 12.8 Å². The molecule has 0 bridgehead atoms. The van der Waals surface area contributed by atoms with Gasteiger partial charge in [-0.3, -0.25) is 0 Å². The van der Waals surface area contributed by atoms with E-state index in [1.807, 2.05) is 0 Å². The van der Waals surface area contributed by atoms with Crippen molar-refractivity contribution in [2.75, 3.05) is 18.1 Å². The second-order valence-electron chi connectivity index (χ2n) is 3.27. The lowest BCUT2D eigenvalue weighted by molar-refractivity contribution is 0.271. The Bertz CT molecular complexity index is 118. The third-order valence-corrected chi connectivity index (χ3v) is 4.17. The molecule has 1 heterocycles. The van der Waals surface area contributed by atoms with Crippen molar-refractivity contribution in [1.82, 2.24) is 0 Å². The van der Waals surface area contributed by atoms with E-state index in [-0.39, 0.29) is 0 Å². The van der Waals surface area contributed by atoms with Crippen molar-refractivity contribution >= 4 is 11.8 Å². The van der Waals surface area contributed by atoms with E-state index in [4.69, 9.17) is 5.11 Å². The first kappa shape index (κ1) is 6.05. The summed E-state index contributed by atoms with van der Waals surface area (Å²) in [5.41, 5.74) is 0.743. The number of hydrogen-bond acceptors (Lipinski definition) is 2. The average Bonchev–Trinajstić information content (AvgIpc) is 2.41. The lowest BCUT2D eigenvalue weighted by atomic mass is 10.1. The molecule has 1 nitrogen and oxygen atoms in total. The fraction of sp³-hybridized carbons (Fsp3) is 1.00. The summed E-state index contributed by atoms with van der Waals surface area (Å²) in [5, 5.41) is 8.62. The molecule has 0 aromatic heterocycles. The Balaban J connectivity index is 1.80. The molecule has 1 spiro atoms. The van der Waals surface area contributed by atoms with Gasteiger partial charge in [-0.1, -0.05) is 0 Å². The van der Waals surface area contributed by atoms with Gasteiger partial charge in [0.2, 0.25) is 0 Å². The molecule has 1 N–H and O–H groups in total. The minimum absolute atomic E-state index is 0.400. The smallest absolute Gasteiger partial charge is 0.0433 e. The molecule has 0 radical (unpaired) electrons. The first-order chi connectivity index (χ1) is 4.37. The van der Waals surface area contributed by atoms with Gasteiger partial charge in [0.25, 0.3) is 0 Å². The van der Waals surface area contributed by atoms with Crippen molar-refractivity contribution in [2.24, 2.45) is 11.3 Å². The van der Waals surface area contributed by atoms with Crippen molar-refractivity contribution in [3.63, 3.8) is 0 Å². The summed E-state index contributed by atoms with van der Waals surface area (Å²) >= 11 is 2.05. The van der Waals surface area contributed by atoms with Gasteiger partial charge in [0.1, 0.15) is 0 Å². The van der Waals surface area contributed by atoms with Gasteiger partial charge in [-0.05, 0) is 24.2 Å². The standard InChI is InChI=1S/C7H12OS/c8-2-1-6-3-7(6)4-9-5-7/h6,8H,1-5H2. The lowest BCUT2D eigenvalue weighted by Crippen LogP contribution is -2.22. The highest BCUT2D eigenvalue weighted by atomic mass is 32.2. The Morgan fingerprint density at radius 2 is 2.33 bits per heavy atom. The van der Waals surface area contributed by atoms with Crippen molar-refractivity contribution in [1.29, 1.82) is 0 Å². The van der Waals surface area contributed by atoms with E-state index in [2.05, 4.69) is 11.8 Å². The van der Waals surface area contributed by atoms with Crippen LogP contribution in [0.4, 0.5) is 0 Å². The Hall–Kier alpha value is 0.310. The summed E-state index contributed by atoms with van der Waals surface area (Å²) in [6.07, 6.45) is 2.46. The van der Waals surface area contributed by atoms with Crippen LogP contribution in [0.25, 0.3) is 0 Å². The Morgan fingerprint density at radius 1 is 1.56 bits per heavy atom. The molecule has 1 aliphatic carbocycles. The van der Waals surface area contributed by atoms with E-state index in [9.17, 15) is 0 Å². The summed E-state index contributed by atoms with van der Waals surface area (Å²) in [6.45, 7) is 0.400. The molecule has 1 saturated heterocycles. The number of thioether (sulfide) groups is 1. The molecule has 0 aromatic carbocycles. The summed E-state index contributed by atoms with van der Waals surface area (Å²) < 4.78 is 0. The number of rotatable bonds is 2. The van der Waals surface area contributed by atoms with E-state index in [0.717, 1.165) is 17.8 Å². The summed E-state index contributed by atoms with van der Waals surface area (Å²) in [6, 6.07) is 0. The van der Waals surface area contributed by atoms with Crippen LogP contribution in [-0.2, 0) is 0 Å². The van der Waals surface area contributed by atoms with Gasteiger partial charge in [0.05, 0.1) is 0 Å². The van der Waals surface area contributed by atoms with Gasteiger partial charge in [-0.15, -0.1) is 0 Å². The molecule has 0 aromatic rings. The topological polar surface area (TPSA) is 20.2 Å². The zero-order valence-corrected chi connectivity index (χ0v) is 6.28. The van der Waals surface area contributed by atoms with Crippen molar-refractivity contribution in [3.05, 3.63) is 0 Å². The predicted molar refractivity (Wildman–Crippen MR) is 39.6 cm³/mol. The van der Waals surface area contributed by atoms with Crippen LogP contribution in [0.5, 0.6) is 0 Å². The number of aliphatic hydroxyl groups is 1. The van der Waals surface area contributed by atoms with Gasteiger partial charge in [-0.25, -0.2) is 0 Å². The monoisotopic (exact) mass is 144 g/mol. The third-order valence-electron chi connectivity index (χ3n) is 2.62. The molecule has 1 unspecified atom stereocenters. The highest BCUT2D eigenvalue weighted by molar-refractivity contribution is 8.00. The van der Waals surface area contributed by atoms with Gasteiger partial charge >= 0.3 is 0 Å². The van der Waals surface area contributed by atoms with Crippen LogP contribution >= 0.6 is 11.8 Å². The molecule has 1 aliphatic heterocycles. The molecular formula is C7H12OS. The summed E-state index contributed by atoms with van der Waals surface area (Å²) in [5.74, 6) is 3.64. The fourth-order valence-corrected chi connectivity index (χ4v) is 3.15. The molecule has 2 fully saturated rings. The highest BCUT2D eigenvalue weighted by Crippen LogP contribution is 2.63. The van der Waals surface area contributed by atoms with E-state index in [1.54, 1.807) is 0 Å². The number of hydrogen-bond donors (Lipinski definition) is 1. The molecule has 1 saturated carbocycles. The molecule has 9 heavy (non-hydrogen) atoms. The van der Waals surface area contributed by atoms with Crippen LogP contribution in [0.15, 0.2) is 0 Å². The fourth-order valence-electron chi connectivity index (χ4n) is 1.71. The van der Waals surface area contributed by atoms with Crippen LogP contribution in [-0.4, -0.2) is 23.2 Å². The van der Waals surface area contributed by atoms with Crippen LogP contribution in [0, 0.1) is 11.3 Å². The predicted octanol–water partition coefficient (Wildman–Crippen LogP) is 1.12. The minimum Gasteiger partial charge on any atom is -0.396 e. The summed E-state index contributed by atoms with van der Waals surface area (Å²) in [4.78, 5) is 0. The average molecular weight is 144 g/mol. The zero-order chi connectivity index (χ0) is 6.32. The van der Waals surface area contributed by atoms with Crippen LogP contribution in [0.1, 0.15) is 12.8 Å². The van der Waals surface area contributed by atoms with E-state index in [1.165, 1.54) is 17.9 Å². The Morgan fingerprint density at radius 3 is 2.67 bits per heavy atom. The molecule has 0 amide bonds. The van der Waals surface area contributed by atoms with E-state index in [0.29, 0.717) is 6.61 Å². The van der Waals surface area contributed by atoms with E-state index >= 15 is 0 Å². The van der Waals surface area contributed by atoms with Crippen LogP contribution in [0.3, 0.4) is 0 Å². The Kier molecular flexibility index (Phi) is 1.27. The maximum atomic E-state index is 8.62. The largest absolute Gasteiger partial charge is 0.396 e. The van der Waals surface area contributed by atoms with Gasteiger partial charge in [-0.2, -0.15) is 11.8 Å². The van der Waals surface area contributed by atoms with Crippen molar-refractivity contribution < 1.29 is 5.11 Å². The van der Waals surface area contributed by atoms with Crippen molar-refractivity contribution in [3.8, 4) is 0 Å². The molecule has 2 heteroatoms. The molecule has 1 atom stereocenters. The zero-order valence-electron chi connectivity index (χ0n) is 5.47. The Labute approximate surface area is 59.8 Å². The second-order valence-corrected chi connectivity index (χ2v) is 4.25. The van der Waals surface area contributed by atoms with E-state index < -0.39 is 0 Å². The SMILES string of the molecule is OCCC1CC12CSC2. The minimum atomic E-state index is 0.400. The molecular weight excluding hydrogens is 132 g/mol. The maximum Gasteiger partial charge on any atom is 0.0433 e. The van der Waals surface area contributed by atoms with Gasteiger partial charge in [0, 0.05) is 18.1 Å². The lowest BCUT2D eigenvalue weighted by Gasteiger charge is -2.25. The maximum absolute atomic E-state index is 8.62. The first-order valence-corrected chi connectivity index (χ1v) is 4.71. The van der Waals surface area contributed by atoms with Crippen LogP contribution < -0.4 is 0 Å². The van der Waals surface area contributed by atoms with Crippen LogP contribution in [0.2, 0.25) is 0 Å². The van der Waals surface area contributed by atoms with Gasteiger partial charge < -0.3 is 5.11 Å². The third kappa shape index (κ3) is 0.802. The molecule has 52 valence electrons. The van der Waals surface area contributed by atoms with Gasteiger partial charge in [0.15, 0.2) is 0 Å². The summed E-state index contributed by atoms with van der Waals surface area (Å²) in [7, 11) is 0.